The number of rotatable bonds is 7. The Kier molecular flexibility index (Phi) is 7.33. The number of ether oxygens (including phenoxy) is 3. The lowest BCUT2D eigenvalue weighted by molar-refractivity contribution is 0.0735. The van der Waals surface area contributed by atoms with E-state index in [1.165, 1.54) is 17.5 Å². The Morgan fingerprint density at radius 2 is 1.79 bits per heavy atom. The number of carbonyl (C=O) groups excluding carboxylic acids is 1. The first-order valence-electron chi connectivity index (χ1n) is 11.8. The Morgan fingerprint density at radius 1 is 1.06 bits per heavy atom. The van der Waals surface area contributed by atoms with E-state index in [2.05, 4.69) is 0 Å². The number of carbonyl (C=O) groups is 1. The number of methoxy groups -OCH3 is 1. The van der Waals surface area contributed by atoms with Gasteiger partial charge in [-0.2, -0.15) is 4.31 Å². The SMILES string of the molecule is CCN(CC)S(=O)(=O)c1cc(C(=O)N2CCC[C@@H]2c2ccc3c(c2)OCCCO3)ccc1OC. The minimum absolute atomic E-state index is 0.0101. The fourth-order valence-corrected chi connectivity index (χ4v) is 6.26. The highest BCUT2D eigenvalue weighted by atomic mass is 32.2. The third kappa shape index (κ3) is 4.59. The van der Waals surface area contributed by atoms with Crippen molar-refractivity contribution in [2.45, 2.75) is 44.0 Å². The Morgan fingerprint density at radius 3 is 2.50 bits per heavy atom. The molecule has 4 rings (SSSR count). The lowest BCUT2D eigenvalue weighted by atomic mass is 10.0. The lowest BCUT2D eigenvalue weighted by Gasteiger charge is -2.26. The van der Waals surface area contributed by atoms with Crippen LogP contribution >= 0.6 is 0 Å². The van der Waals surface area contributed by atoms with Crippen LogP contribution < -0.4 is 14.2 Å². The minimum atomic E-state index is -3.80. The monoisotopic (exact) mass is 488 g/mol. The molecule has 9 heteroatoms. The maximum absolute atomic E-state index is 13.6. The summed E-state index contributed by atoms with van der Waals surface area (Å²) in [6, 6.07) is 10.4. The van der Waals surface area contributed by atoms with Crippen molar-refractivity contribution >= 4 is 15.9 Å². The van der Waals surface area contributed by atoms with Crippen LogP contribution in [0.4, 0.5) is 0 Å². The van der Waals surface area contributed by atoms with Crippen LogP contribution in [-0.2, 0) is 10.0 Å². The second kappa shape index (κ2) is 10.2. The van der Waals surface area contributed by atoms with Crippen LogP contribution in [0.5, 0.6) is 17.2 Å². The number of hydrogen-bond donors (Lipinski definition) is 0. The second-order valence-corrected chi connectivity index (χ2v) is 10.3. The maximum Gasteiger partial charge on any atom is 0.254 e. The molecule has 2 aliphatic heterocycles. The topological polar surface area (TPSA) is 85.4 Å². The van der Waals surface area contributed by atoms with Gasteiger partial charge < -0.3 is 19.1 Å². The molecule has 1 fully saturated rings. The molecule has 0 radical (unpaired) electrons. The first-order chi connectivity index (χ1) is 16.4. The summed E-state index contributed by atoms with van der Waals surface area (Å²) in [5, 5.41) is 0. The summed E-state index contributed by atoms with van der Waals surface area (Å²) in [5.74, 6) is 1.45. The van der Waals surface area contributed by atoms with Gasteiger partial charge in [0.15, 0.2) is 11.5 Å². The molecule has 0 N–H and O–H groups in total. The van der Waals surface area contributed by atoms with Crippen LogP contribution in [0.15, 0.2) is 41.3 Å². The molecule has 0 spiro atoms. The predicted octanol–water partition coefficient (Wildman–Crippen LogP) is 3.86. The summed E-state index contributed by atoms with van der Waals surface area (Å²) < 4.78 is 44.7. The van der Waals surface area contributed by atoms with Gasteiger partial charge >= 0.3 is 0 Å². The molecule has 2 aromatic carbocycles. The average molecular weight is 489 g/mol. The number of fused-ring (bicyclic) bond motifs is 1. The molecule has 2 aromatic rings. The van der Waals surface area contributed by atoms with E-state index in [-0.39, 0.29) is 22.6 Å². The molecule has 0 saturated carbocycles. The Balaban J connectivity index is 1.65. The van der Waals surface area contributed by atoms with Gasteiger partial charge in [0.05, 0.1) is 26.4 Å². The summed E-state index contributed by atoms with van der Waals surface area (Å²) in [4.78, 5) is 15.4. The van der Waals surface area contributed by atoms with E-state index in [4.69, 9.17) is 14.2 Å². The molecular weight excluding hydrogens is 456 g/mol. The summed E-state index contributed by atoms with van der Waals surface area (Å²) in [6.07, 6.45) is 2.52. The zero-order chi connectivity index (χ0) is 24.3. The third-order valence-corrected chi connectivity index (χ3v) is 8.47. The van der Waals surface area contributed by atoms with Crippen LogP contribution in [0.3, 0.4) is 0 Å². The van der Waals surface area contributed by atoms with Gasteiger partial charge in [0.25, 0.3) is 5.91 Å². The van der Waals surface area contributed by atoms with Crippen molar-refractivity contribution in [2.24, 2.45) is 0 Å². The third-order valence-electron chi connectivity index (χ3n) is 6.40. The van der Waals surface area contributed by atoms with Gasteiger partial charge in [-0.25, -0.2) is 8.42 Å². The average Bonchev–Trinajstić information content (AvgIpc) is 3.22. The normalized spacial score (nSPS) is 18.1. The van der Waals surface area contributed by atoms with E-state index in [1.54, 1.807) is 26.0 Å². The number of benzene rings is 2. The fraction of sp³-hybridized carbons (Fsp3) is 0.480. The van der Waals surface area contributed by atoms with Crippen LogP contribution in [0.1, 0.15) is 55.1 Å². The summed E-state index contributed by atoms with van der Waals surface area (Å²) >= 11 is 0. The highest BCUT2D eigenvalue weighted by Gasteiger charge is 2.33. The standard InChI is InChI=1S/C25H32N2O6S/c1-4-26(5-2)34(29,30)24-17-19(10-12-22(24)31-3)25(28)27-13-6-8-20(27)18-9-11-21-23(16-18)33-15-7-14-32-21/h9-12,16-17,20H,4-8,13-15H2,1-3H3/t20-/m1/s1. The van der Waals surface area contributed by atoms with Crippen molar-refractivity contribution in [3.8, 4) is 17.2 Å². The predicted molar refractivity (Wildman–Crippen MR) is 128 cm³/mol. The number of hydrogen-bond acceptors (Lipinski definition) is 6. The molecule has 184 valence electrons. The number of likely N-dealkylation sites (tertiary alicyclic amines) is 1. The van der Waals surface area contributed by atoms with Crippen molar-refractivity contribution in [3.63, 3.8) is 0 Å². The van der Waals surface area contributed by atoms with E-state index < -0.39 is 10.0 Å². The van der Waals surface area contributed by atoms with Crippen molar-refractivity contribution in [1.29, 1.82) is 0 Å². The van der Waals surface area contributed by atoms with Gasteiger partial charge in [0.2, 0.25) is 10.0 Å². The fourth-order valence-electron chi connectivity index (χ4n) is 4.62. The van der Waals surface area contributed by atoms with E-state index in [9.17, 15) is 13.2 Å². The Bertz CT molecular complexity index is 1150. The van der Waals surface area contributed by atoms with Gasteiger partial charge in [-0.15, -0.1) is 0 Å². The Labute approximate surface area is 201 Å². The van der Waals surface area contributed by atoms with Crippen molar-refractivity contribution < 1.29 is 27.4 Å². The lowest BCUT2D eigenvalue weighted by Crippen LogP contribution is -2.32. The molecule has 2 aliphatic rings. The second-order valence-electron chi connectivity index (χ2n) is 8.37. The zero-order valence-corrected chi connectivity index (χ0v) is 20.8. The molecule has 0 bridgehead atoms. The summed E-state index contributed by atoms with van der Waals surface area (Å²) in [7, 11) is -2.37. The number of sulfonamides is 1. The number of amides is 1. The number of nitrogens with zero attached hydrogens (tertiary/aromatic N) is 2. The van der Waals surface area contributed by atoms with Crippen LogP contribution in [0.2, 0.25) is 0 Å². The van der Waals surface area contributed by atoms with E-state index in [0.717, 1.165) is 30.6 Å². The molecular formula is C25H32N2O6S. The van der Waals surface area contributed by atoms with E-state index in [0.29, 0.717) is 44.2 Å². The largest absolute Gasteiger partial charge is 0.495 e. The van der Waals surface area contributed by atoms with Crippen molar-refractivity contribution in [1.82, 2.24) is 9.21 Å². The highest BCUT2D eigenvalue weighted by molar-refractivity contribution is 7.89. The van der Waals surface area contributed by atoms with Crippen LogP contribution in [0, 0.1) is 0 Å². The van der Waals surface area contributed by atoms with Crippen LogP contribution in [-0.4, -0.2) is 63.5 Å². The smallest absolute Gasteiger partial charge is 0.254 e. The van der Waals surface area contributed by atoms with Gasteiger partial charge in [-0.1, -0.05) is 19.9 Å². The summed E-state index contributed by atoms with van der Waals surface area (Å²) in [5.41, 5.74) is 1.31. The highest BCUT2D eigenvalue weighted by Crippen LogP contribution is 2.39. The molecule has 2 heterocycles. The molecule has 34 heavy (non-hydrogen) atoms. The van der Waals surface area contributed by atoms with Gasteiger partial charge in [-0.05, 0) is 48.7 Å². The van der Waals surface area contributed by atoms with E-state index in [1.807, 2.05) is 23.1 Å². The molecule has 0 aliphatic carbocycles. The molecule has 1 atom stereocenters. The van der Waals surface area contributed by atoms with Gasteiger partial charge in [-0.3, -0.25) is 4.79 Å². The van der Waals surface area contributed by atoms with E-state index >= 15 is 0 Å². The van der Waals surface area contributed by atoms with Crippen LogP contribution in [0.25, 0.3) is 0 Å². The molecule has 1 amide bonds. The quantitative estimate of drug-likeness (QED) is 0.588. The first kappa shape index (κ1) is 24.3. The summed E-state index contributed by atoms with van der Waals surface area (Å²) in [6.45, 7) is 6.05. The van der Waals surface area contributed by atoms with Gasteiger partial charge in [0.1, 0.15) is 10.6 Å². The van der Waals surface area contributed by atoms with Gasteiger partial charge in [0, 0.05) is 31.6 Å². The molecule has 1 saturated heterocycles. The Hall–Kier alpha value is -2.78. The molecule has 0 unspecified atom stereocenters. The van der Waals surface area contributed by atoms with Crippen molar-refractivity contribution in [2.75, 3.05) is 40.0 Å². The zero-order valence-electron chi connectivity index (χ0n) is 20.0. The first-order valence-corrected chi connectivity index (χ1v) is 13.2. The molecule has 8 nitrogen and oxygen atoms in total. The van der Waals surface area contributed by atoms with Crippen molar-refractivity contribution in [3.05, 3.63) is 47.5 Å². The maximum atomic E-state index is 13.6. The minimum Gasteiger partial charge on any atom is -0.495 e. The molecule has 0 aromatic heterocycles.